The lowest BCUT2D eigenvalue weighted by molar-refractivity contribution is 0.519. The number of rotatable bonds is 4. The number of aliphatic imine (C=N–C) groups is 1. The minimum absolute atomic E-state index is 0.260. The van der Waals surface area contributed by atoms with Crippen molar-refractivity contribution in [3.05, 3.63) is 191 Å². The van der Waals surface area contributed by atoms with E-state index >= 15 is 0 Å². The standard InChI is InChI=1S/C48H39N3/c1-30-27-37(31-17-7-4-8-18-31)42(32-19-9-5-10-20-32)44-41(30)43-45(48(44,2)3)49-46(33-21-11-6-12-22-33)50-47(43)51-39-26-16-15-25-36(39)38-28-34-23-13-14-24-35(34)29-40(38)51/h4-26,28-30,47H,27H2,1-3H3,(H,49,50). The maximum atomic E-state index is 5.74. The molecule has 2 atom stereocenters. The molecular formula is C48H39N3. The molecule has 0 bridgehead atoms. The predicted octanol–water partition coefficient (Wildman–Crippen LogP) is 11.7. The van der Waals surface area contributed by atoms with Gasteiger partial charge < -0.3 is 9.88 Å². The van der Waals surface area contributed by atoms with Gasteiger partial charge >= 0.3 is 0 Å². The number of hydrogen-bond donors (Lipinski definition) is 1. The zero-order chi connectivity index (χ0) is 34.3. The molecule has 7 aromatic rings. The van der Waals surface area contributed by atoms with Crippen LogP contribution in [0.1, 0.15) is 50.0 Å². The second-order valence-corrected chi connectivity index (χ2v) is 14.8. The smallest absolute Gasteiger partial charge is 0.155 e. The van der Waals surface area contributed by atoms with Gasteiger partial charge in [-0.05, 0) is 74.7 Å². The summed E-state index contributed by atoms with van der Waals surface area (Å²) < 4.78 is 2.54. The Kier molecular flexibility index (Phi) is 6.63. The highest BCUT2D eigenvalue weighted by atomic mass is 15.2. The van der Waals surface area contributed by atoms with Gasteiger partial charge in [0.1, 0.15) is 5.84 Å². The molecule has 1 N–H and O–H groups in total. The lowest BCUT2D eigenvalue weighted by Gasteiger charge is -2.35. The number of nitrogens with zero attached hydrogens (tertiary/aromatic N) is 2. The normalized spacial score (nSPS) is 19.8. The molecule has 0 spiro atoms. The summed E-state index contributed by atoms with van der Waals surface area (Å²) in [6, 6.07) is 55.1. The first-order valence-electron chi connectivity index (χ1n) is 18.1. The van der Waals surface area contributed by atoms with E-state index in [2.05, 4.69) is 182 Å². The van der Waals surface area contributed by atoms with Gasteiger partial charge in [-0.2, -0.15) is 0 Å². The summed E-state index contributed by atoms with van der Waals surface area (Å²) in [6.07, 6.45) is 0.698. The van der Waals surface area contributed by atoms with E-state index in [9.17, 15) is 0 Å². The van der Waals surface area contributed by atoms with Crippen molar-refractivity contribution in [3.63, 3.8) is 0 Å². The molecule has 1 aliphatic heterocycles. The molecule has 0 radical (unpaired) electrons. The first-order valence-corrected chi connectivity index (χ1v) is 18.1. The third kappa shape index (κ3) is 4.47. The fourth-order valence-electron chi connectivity index (χ4n) is 9.22. The summed E-state index contributed by atoms with van der Waals surface area (Å²) in [6.45, 7) is 7.27. The lowest BCUT2D eigenvalue weighted by atomic mass is 9.69. The van der Waals surface area contributed by atoms with Crippen molar-refractivity contribution in [2.75, 3.05) is 0 Å². The Morgan fingerprint density at radius 3 is 1.90 bits per heavy atom. The van der Waals surface area contributed by atoms with E-state index in [1.165, 1.54) is 77.3 Å². The molecule has 1 aromatic heterocycles. The molecule has 3 nitrogen and oxygen atoms in total. The van der Waals surface area contributed by atoms with Crippen LogP contribution in [0.15, 0.2) is 179 Å². The van der Waals surface area contributed by atoms with Gasteiger partial charge in [0.2, 0.25) is 0 Å². The second kappa shape index (κ2) is 11.3. The third-order valence-electron chi connectivity index (χ3n) is 11.4. The molecule has 0 fully saturated rings. The first-order chi connectivity index (χ1) is 25.0. The summed E-state index contributed by atoms with van der Waals surface area (Å²) >= 11 is 0. The van der Waals surface area contributed by atoms with Gasteiger partial charge in [0.25, 0.3) is 0 Å². The quantitative estimate of drug-likeness (QED) is 0.201. The van der Waals surface area contributed by atoms with Gasteiger partial charge in [0.05, 0.1) is 11.0 Å². The Morgan fingerprint density at radius 1 is 0.608 bits per heavy atom. The molecule has 2 heterocycles. The van der Waals surface area contributed by atoms with Crippen molar-refractivity contribution >= 4 is 49.6 Å². The summed E-state index contributed by atoms with van der Waals surface area (Å²) in [5.74, 6) is 1.21. The highest BCUT2D eigenvalue weighted by Gasteiger charge is 2.50. The van der Waals surface area contributed by atoms with Crippen molar-refractivity contribution in [1.29, 1.82) is 0 Å². The maximum absolute atomic E-state index is 5.74. The second-order valence-electron chi connectivity index (χ2n) is 14.8. The van der Waals surface area contributed by atoms with Crippen LogP contribution in [-0.2, 0) is 0 Å². The molecular weight excluding hydrogens is 619 g/mol. The monoisotopic (exact) mass is 657 g/mol. The minimum Gasteiger partial charge on any atom is -0.342 e. The fraction of sp³-hybridized carbons (Fsp3) is 0.146. The molecule has 246 valence electrons. The number of amidine groups is 1. The Bertz CT molecular complexity index is 2650. The van der Waals surface area contributed by atoms with Crippen molar-refractivity contribution in [1.82, 2.24) is 9.88 Å². The predicted molar refractivity (Wildman–Crippen MR) is 213 cm³/mol. The van der Waals surface area contributed by atoms with Gasteiger partial charge in [-0.25, -0.2) is 4.99 Å². The van der Waals surface area contributed by atoms with Gasteiger partial charge in [-0.3, -0.25) is 0 Å². The summed E-state index contributed by atoms with van der Waals surface area (Å²) in [7, 11) is 0. The molecule has 0 amide bonds. The van der Waals surface area contributed by atoms with E-state index in [4.69, 9.17) is 4.99 Å². The summed E-state index contributed by atoms with van der Waals surface area (Å²) in [5.41, 5.74) is 14.0. The zero-order valence-electron chi connectivity index (χ0n) is 29.2. The average Bonchev–Trinajstić information content (AvgIpc) is 3.62. The largest absolute Gasteiger partial charge is 0.342 e. The third-order valence-corrected chi connectivity index (χ3v) is 11.4. The number of nitrogens with one attached hydrogen (secondary N) is 1. The van der Waals surface area contributed by atoms with E-state index in [0.29, 0.717) is 5.92 Å². The van der Waals surface area contributed by atoms with E-state index in [-0.39, 0.29) is 11.6 Å². The van der Waals surface area contributed by atoms with Crippen LogP contribution in [0.2, 0.25) is 0 Å². The van der Waals surface area contributed by atoms with Gasteiger partial charge in [-0.1, -0.05) is 154 Å². The van der Waals surface area contributed by atoms with Crippen LogP contribution < -0.4 is 5.32 Å². The number of hydrogen-bond acceptors (Lipinski definition) is 2. The van der Waals surface area contributed by atoms with Gasteiger partial charge in [-0.15, -0.1) is 0 Å². The zero-order valence-corrected chi connectivity index (χ0v) is 29.2. The van der Waals surface area contributed by atoms with Crippen LogP contribution >= 0.6 is 0 Å². The molecule has 3 aliphatic rings. The van der Waals surface area contributed by atoms with Crippen LogP contribution in [0.4, 0.5) is 0 Å². The SMILES string of the molecule is CC1CC(c2ccccc2)=C(c2ccccc2)C2=C1C1=C(NC(c3ccccc3)=NC1n1c3ccccc3c3cc4ccccc4cc31)C2(C)C. The summed E-state index contributed by atoms with van der Waals surface area (Å²) in [5, 5.41) is 9.01. The number of para-hydroxylation sites is 1. The van der Waals surface area contributed by atoms with Crippen molar-refractivity contribution in [3.8, 4) is 0 Å². The van der Waals surface area contributed by atoms with Crippen molar-refractivity contribution in [2.45, 2.75) is 33.4 Å². The van der Waals surface area contributed by atoms with Crippen LogP contribution in [0, 0.1) is 11.3 Å². The van der Waals surface area contributed by atoms with Crippen LogP contribution in [0.5, 0.6) is 0 Å². The fourth-order valence-corrected chi connectivity index (χ4v) is 9.22. The van der Waals surface area contributed by atoms with Crippen LogP contribution in [-0.4, -0.2) is 10.4 Å². The lowest BCUT2D eigenvalue weighted by Crippen LogP contribution is -2.37. The Morgan fingerprint density at radius 2 is 1.20 bits per heavy atom. The van der Waals surface area contributed by atoms with E-state index < -0.39 is 0 Å². The molecule has 51 heavy (non-hydrogen) atoms. The number of benzene rings is 6. The average molecular weight is 658 g/mol. The van der Waals surface area contributed by atoms with E-state index in [0.717, 1.165) is 17.8 Å². The van der Waals surface area contributed by atoms with Gasteiger partial charge in [0, 0.05) is 33.0 Å². The highest BCUT2D eigenvalue weighted by molar-refractivity contribution is 6.13. The molecule has 0 saturated heterocycles. The maximum Gasteiger partial charge on any atom is 0.155 e. The molecule has 3 heteroatoms. The van der Waals surface area contributed by atoms with Crippen molar-refractivity contribution < 1.29 is 0 Å². The minimum atomic E-state index is -0.315. The number of fused-ring (bicyclic) bond motifs is 5. The van der Waals surface area contributed by atoms with E-state index in [1.807, 2.05) is 0 Å². The van der Waals surface area contributed by atoms with Crippen LogP contribution in [0.3, 0.4) is 0 Å². The molecule has 6 aromatic carbocycles. The molecule has 2 unspecified atom stereocenters. The Labute approximate surface area is 299 Å². The first kappa shape index (κ1) is 29.9. The summed E-state index contributed by atoms with van der Waals surface area (Å²) in [4.78, 5) is 5.74. The number of allylic oxidation sites excluding steroid dienone is 3. The van der Waals surface area contributed by atoms with Gasteiger partial charge in [0.15, 0.2) is 6.17 Å². The van der Waals surface area contributed by atoms with E-state index in [1.54, 1.807) is 0 Å². The Balaban J connectivity index is 1.30. The molecule has 0 saturated carbocycles. The number of aromatic nitrogens is 1. The Hall–Kier alpha value is -5.93. The van der Waals surface area contributed by atoms with Crippen LogP contribution in [0.25, 0.3) is 43.7 Å². The topological polar surface area (TPSA) is 29.3 Å². The molecule has 10 rings (SSSR count). The highest BCUT2D eigenvalue weighted by Crippen LogP contribution is 2.61. The molecule has 2 aliphatic carbocycles. The van der Waals surface area contributed by atoms with Crippen molar-refractivity contribution in [2.24, 2.45) is 16.3 Å².